The van der Waals surface area contributed by atoms with Crippen molar-refractivity contribution < 1.29 is 24.3 Å². The number of aliphatic carboxylic acids is 1. The Hall–Kier alpha value is -2.22. The molecule has 0 fully saturated rings. The molecule has 0 aliphatic carbocycles. The standard InChI is InChI=1S/C18H31N3O5/c1-4-6-8-12(17(20)25)11(3)16(24)14(10-15(22)23)21-18(26)13(19)9-7-5-2/h12-14H,3-10,19H2,1-2H3,(H2,20,25)(H,21,26)(H,22,23). The lowest BCUT2D eigenvalue weighted by Crippen LogP contribution is -2.50. The second kappa shape index (κ2) is 12.2. The molecule has 3 atom stereocenters. The molecule has 0 bridgehead atoms. The summed E-state index contributed by atoms with van der Waals surface area (Å²) in [7, 11) is 0. The second-order valence-corrected chi connectivity index (χ2v) is 6.39. The van der Waals surface area contributed by atoms with E-state index in [-0.39, 0.29) is 5.57 Å². The first-order valence-corrected chi connectivity index (χ1v) is 8.95. The Balaban J connectivity index is 5.22. The Labute approximate surface area is 154 Å². The average Bonchev–Trinajstić information content (AvgIpc) is 2.57. The van der Waals surface area contributed by atoms with Gasteiger partial charge in [-0.1, -0.05) is 46.1 Å². The van der Waals surface area contributed by atoms with Crippen LogP contribution in [0.25, 0.3) is 0 Å². The van der Waals surface area contributed by atoms with Crippen LogP contribution >= 0.6 is 0 Å². The van der Waals surface area contributed by atoms with Crippen molar-refractivity contribution in [3.05, 3.63) is 12.2 Å². The molecule has 0 aromatic carbocycles. The van der Waals surface area contributed by atoms with Gasteiger partial charge in [0.25, 0.3) is 0 Å². The first kappa shape index (κ1) is 23.8. The van der Waals surface area contributed by atoms with Gasteiger partial charge in [0.2, 0.25) is 11.8 Å². The fraction of sp³-hybridized carbons (Fsp3) is 0.667. The molecular formula is C18H31N3O5. The maximum atomic E-state index is 12.6. The molecule has 0 spiro atoms. The third kappa shape index (κ3) is 8.24. The van der Waals surface area contributed by atoms with Gasteiger partial charge in [0.1, 0.15) is 6.04 Å². The molecule has 2 amide bonds. The van der Waals surface area contributed by atoms with Crippen LogP contribution in [0.1, 0.15) is 58.8 Å². The summed E-state index contributed by atoms with van der Waals surface area (Å²) in [6.45, 7) is 7.51. The van der Waals surface area contributed by atoms with Crippen LogP contribution < -0.4 is 16.8 Å². The molecule has 0 radical (unpaired) electrons. The lowest BCUT2D eigenvalue weighted by atomic mass is 9.87. The van der Waals surface area contributed by atoms with Crippen LogP contribution in [-0.4, -0.2) is 40.8 Å². The number of carboxylic acid groups (broad SMARTS) is 1. The summed E-state index contributed by atoms with van der Waals surface area (Å²) in [6, 6.07) is -2.16. The van der Waals surface area contributed by atoms with Crippen molar-refractivity contribution in [3.63, 3.8) is 0 Å². The number of hydrogen-bond acceptors (Lipinski definition) is 5. The molecule has 0 aromatic rings. The predicted octanol–water partition coefficient (Wildman–Crippen LogP) is 0.880. The molecule has 26 heavy (non-hydrogen) atoms. The Kier molecular flexibility index (Phi) is 11.1. The summed E-state index contributed by atoms with van der Waals surface area (Å²) in [5.41, 5.74) is 11.0. The van der Waals surface area contributed by atoms with Crippen LogP contribution in [0.2, 0.25) is 0 Å². The number of amides is 2. The highest BCUT2D eigenvalue weighted by Crippen LogP contribution is 2.19. The zero-order chi connectivity index (χ0) is 20.3. The first-order valence-electron chi connectivity index (χ1n) is 8.95. The summed E-state index contributed by atoms with van der Waals surface area (Å²) < 4.78 is 0. The summed E-state index contributed by atoms with van der Waals surface area (Å²) in [6.07, 6.45) is 3.21. The maximum absolute atomic E-state index is 12.6. The van der Waals surface area contributed by atoms with E-state index in [2.05, 4.69) is 11.9 Å². The molecular weight excluding hydrogens is 338 g/mol. The van der Waals surface area contributed by atoms with Crippen molar-refractivity contribution in [1.82, 2.24) is 5.32 Å². The van der Waals surface area contributed by atoms with Gasteiger partial charge in [-0.25, -0.2) is 0 Å². The van der Waals surface area contributed by atoms with Gasteiger partial charge in [-0.2, -0.15) is 0 Å². The van der Waals surface area contributed by atoms with E-state index in [1.807, 2.05) is 13.8 Å². The molecule has 0 rings (SSSR count). The highest BCUT2D eigenvalue weighted by molar-refractivity contribution is 6.06. The molecule has 0 aliphatic heterocycles. The number of primary amides is 1. The number of nitrogens with one attached hydrogen (secondary N) is 1. The summed E-state index contributed by atoms with van der Waals surface area (Å²) in [5, 5.41) is 11.4. The van der Waals surface area contributed by atoms with E-state index in [0.717, 1.165) is 19.3 Å². The number of Topliss-reactive ketones (excluding diaryl/α,β-unsaturated/α-hetero) is 1. The molecule has 0 aliphatic rings. The minimum Gasteiger partial charge on any atom is -0.481 e. The number of carbonyl (C=O) groups is 4. The number of rotatable bonds is 14. The Morgan fingerprint density at radius 2 is 1.62 bits per heavy atom. The molecule has 0 saturated heterocycles. The van der Waals surface area contributed by atoms with Gasteiger partial charge >= 0.3 is 5.97 Å². The van der Waals surface area contributed by atoms with E-state index < -0.39 is 48.0 Å². The molecule has 0 heterocycles. The molecule has 3 unspecified atom stereocenters. The Morgan fingerprint density at radius 3 is 2.08 bits per heavy atom. The zero-order valence-corrected chi connectivity index (χ0v) is 15.6. The maximum Gasteiger partial charge on any atom is 0.305 e. The fourth-order valence-electron chi connectivity index (χ4n) is 2.51. The van der Waals surface area contributed by atoms with E-state index >= 15 is 0 Å². The average molecular weight is 369 g/mol. The van der Waals surface area contributed by atoms with Gasteiger partial charge < -0.3 is 21.9 Å². The fourth-order valence-corrected chi connectivity index (χ4v) is 2.51. The third-order valence-corrected chi connectivity index (χ3v) is 4.14. The van der Waals surface area contributed by atoms with Gasteiger partial charge in [-0.05, 0) is 12.8 Å². The molecule has 0 saturated carbocycles. The summed E-state index contributed by atoms with van der Waals surface area (Å²) >= 11 is 0. The Bertz CT molecular complexity index is 533. The van der Waals surface area contributed by atoms with Crippen LogP contribution in [0.3, 0.4) is 0 Å². The van der Waals surface area contributed by atoms with Crippen molar-refractivity contribution in [2.45, 2.75) is 70.9 Å². The largest absolute Gasteiger partial charge is 0.481 e. The lowest BCUT2D eigenvalue weighted by molar-refractivity contribution is -0.139. The topological polar surface area (TPSA) is 153 Å². The number of carbonyl (C=O) groups excluding carboxylic acids is 3. The van der Waals surface area contributed by atoms with Crippen molar-refractivity contribution in [3.8, 4) is 0 Å². The highest BCUT2D eigenvalue weighted by Gasteiger charge is 2.32. The monoisotopic (exact) mass is 369 g/mol. The van der Waals surface area contributed by atoms with Gasteiger partial charge in [0.15, 0.2) is 5.78 Å². The summed E-state index contributed by atoms with van der Waals surface area (Å²) in [4.78, 5) is 47.5. The van der Waals surface area contributed by atoms with E-state index in [0.29, 0.717) is 19.3 Å². The normalized spacial score (nSPS) is 14.1. The van der Waals surface area contributed by atoms with Crippen molar-refractivity contribution >= 4 is 23.6 Å². The van der Waals surface area contributed by atoms with Crippen molar-refractivity contribution in [2.24, 2.45) is 17.4 Å². The second-order valence-electron chi connectivity index (χ2n) is 6.39. The van der Waals surface area contributed by atoms with E-state index in [1.165, 1.54) is 0 Å². The smallest absolute Gasteiger partial charge is 0.305 e. The van der Waals surface area contributed by atoms with Gasteiger partial charge in [-0.15, -0.1) is 0 Å². The molecule has 8 heteroatoms. The highest BCUT2D eigenvalue weighted by atomic mass is 16.4. The number of carboxylic acids is 1. The first-order chi connectivity index (χ1) is 12.1. The molecule has 8 nitrogen and oxygen atoms in total. The minimum absolute atomic E-state index is 0.0837. The quantitative estimate of drug-likeness (QED) is 0.333. The van der Waals surface area contributed by atoms with Crippen LogP contribution in [0.5, 0.6) is 0 Å². The van der Waals surface area contributed by atoms with E-state index in [4.69, 9.17) is 16.6 Å². The molecule has 0 aromatic heterocycles. The Morgan fingerprint density at radius 1 is 1.08 bits per heavy atom. The zero-order valence-electron chi connectivity index (χ0n) is 15.6. The lowest BCUT2D eigenvalue weighted by Gasteiger charge is -2.22. The number of hydrogen-bond donors (Lipinski definition) is 4. The van der Waals surface area contributed by atoms with E-state index in [9.17, 15) is 19.2 Å². The summed E-state index contributed by atoms with van der Waals surface area (Å²) in [5.74, 6) is -4.15. The number of unbranched alkanes of at least 4 members (excludes halogenated alkanes) is 2. The minimum atomic E-state index is -1.33. The van der Waals surface area contributed by atoms with Gasteiger partial charge in [-0.3, -0.25) is 19.2 Å². The van der Waals surface area contributed by atoms with Gasteiger partial charge in [0.05, 0.1) is 18.4 Å². The predicted molar refractivity (Wildman–Crippen MR) is 98.0 cm³/mol. The number of nitrogens with two attached hydrogens (primary N) is 2. The van der Waals surface area contributed by atoms with Crippen LogP contribution in [0.4, 0.5) is 0 Å². The van der Waals surface area contributed by atoms with Crippen molar-refractivity contribution in [2.75, 3.05) is 0 Å². The van der Waals surface area contributed by atoms with Gasteiger partial charge in [0, 0.05) is 5.57 Å². The SMILES string of the molecule is C=C(C(=O)C(CC(=O)O)NC(=O)C(N)CCCC)C(CCCC)C(N)=O. The molecule has 148 valence electrons. The number of ketones is 1. The van der Waals surface area contributed by atoms with Crippen LogP contribution in [0.15, 0.2) is 12.2 Å². The van der Waals surface area contributed by atoms with E-state index in [1.54, 1.807) is 0 Å². The van der Waals surface area contributed by atoms with Crippen molar-refractivity contribution in [1.29, 1.82) is 0 Å². The third-order valence-electron chi connectivity index (χ3n) is 4.14. The molecule has 6 N–H and O–H groups in total. The van der Waals surface area contributed by atoms with Crippen LogP contribution in [0, 0.1) is 5.92 Å². The van der Waals surface area contributed by atoms with Crippen LogP contribution in [-0.2, 0) is 19.2 Å².